The molecule has 0 spiro atoms. The maximum Gasteiger partial charge on any atom is 0.188 e. The van der Waals surface area contributed by atoms with Crippen molar-refractivity contribution < 1.29 is 4.39 Å². The molecule has 0 aliphatic heterocycles. The number of nitrogens with zero attached hydrogens (tertiary/aromatic N) is 1. The van der Waals surface area contributed by atoms with Crippen molar-refractivity contribution in [3.8, 4) is 0 Å². The first kappa shape index (κ1) is 20.0. The Bertz CT molecular complexity index is 473. The molecule has 4 N–H and O–H groups in total. The average molecular weight is 434 g/mol. The molecule has 0 radical (unpaired) electrons. The van der Waals surface area contributed by atoms with Gasteiger partial charge >= 0.3 is 0 Å². The second kappa shape index (κ2) is 11.5. The number of nitrogens with two attached hydrogens (primary N) is 1. The highest BCUT2D eigenvalue weighted by molar-refractivity contribution is 14.0. The highest BCUT2D eigenvalue weighted by Crippen LogP contribution is 2.16. The van der Waals surface area contributed by atoms with E-state index in [2.05, 4.69) is 15.6 Å². The predicted molar refractivity (Wildman–Crippen MR) is 106 cm³/mol. The van der Waals surface area contributed by atoms with Crippen molar-refractivity contribution in [1.82, 2.24) is 5.32 Å². The molecule has 2 rings (SSSR count). The Balaban J connectivity index is 0.00000264. The van der Waals surface area contributed by atoms with Gasteiger partial charge in [-0.15, -0.1) is 24.0 Å². The molecule has 1 fully saturated rings. The molecule has 4 nitrogen and oxygen atoms in total. The molecule has 1 aliphatic rings. The Kier molecular flexibility index (Phi) is 9.98. The highest BCUT2D eigenvalue weighted by atomic mass is 127. The third-order valence-corrected chi connectivity index (χ3v) is 3.98. The number of halogens is 2. The monoisotopic (exact) mass is 434 g/mol. The molecule has 130 valence electrons. The third-order valence-electron chi connectivity index (χ3n) is 3.98. The predicted octanol–water partition coefficient (Wildman–Crippen LogP) is 3.87. The zero-order valence-corrected chi connectivity index (χ0v) is 15.9. The minimum atomic E-state index is -0.222. The summed E-state index contributed by atoms with van der Waals surface area (Å²) in [7, 11) is 0. The lowest BCUT2D eigenvalue weighted by Crippen LogP contribution is -2.39. The van der Waals surface area contributed by atoms with Crippen LogP contribution in [0.4, 0.5) is 10.1 Å². The van der Waals surface area contributed by atoms with Gasteiger partial charge < -0.3 is 16.4 Å². The topological polar surface area (TPSA) is 62.4 Å². The van der Waals surface area contributed by atoms with E-state index in [0.717, 1.165) is 18.7 Å². The van der Waals surface area contributed by atoms with E-state index in [0.29, 0.717) is 18.5 Å². The van der Waals surface area contributed by atoms with Crippen molar-refractivity contribution in [3.63, 3.8) is 0 Å². The zero-order valence-electron chi connectivity index (χ0n) is 13.6. The number of anilines is 1. The lowest BCUT2D eigenvalue weighted by molar-refractivity contribution is 0.530. The van der Waals surface area contributed by atoms with Gasteiger partial charge in [0.15, 0.2) is 5.96 Å². The lowest BCUT2D eigenvalue weighted by atomic mass is 10.1. The summed E-state index contributed by atoms with van der Waals surface area (Å²) in [6.45, 7) is 1.43. The normalized spacial score (nSPS) is 16.3. The van der Waals surface area contributed by atoms with Crippen LogP contribution in [0.1, 0.15) is 44.9 Å². The molecule has 0 bridgehead atoms. The fourth-order valence-electron chi connectivity index (χ4n) is 2.79. The van der Waals surface area contributed by atoms with Gasteiger partial charge in [0.2, 0.25) is 0 Å². The van der Waals surface area contributed by atoms with E-state index in [1.165, 1.54) is 50.7 Å². The van der Waals surface area contributed by atoms with E-state index in [-0.39, 0.29) is 29.8 Å². The molecule has 1 aliphatic carbocycles. The van der Waals surface area contributed by atoms with E-state index < -0.39 is 0 Å². The van der Waals surface area contributed by atoms with Crippen LogP contribution in [0.3, 0.4) is 0 Å². The molecule has 0 saturated heterocycles. The molecule has 0 aromatic heterocycles. The first-order chi connectivity index (χ1) is 10.7. The van der Waals surface area contributed by atoms with Crippen LogP contribution in [-0.2, 0) is 0 Å². The van der Waals surface area contributed by atoms with Gasteiger partial charge in [0.25, 0.3) is 0 Å². The standard InChI is InChI=1S/C17H27FN4.HI/c18-14-7-5-10-16(13-14)20-11-6-12-21-17(19)22-15-8-3-1-2-4-9-15;/h5,7,10,13,15,20H,1-4,6,8-9,11-12H2,(H3,19,21,22);1H. The van der Waals surface area contributed by atoms with Crippen molar-refractivity contribution in [3.05, 3.63) is 30.1 Å². The van der Waals surface area contributed by atoms with E-state index in [9.17, 15) is 4.39 Å². The first-order valence-electron chi connectivity index (χ1n) is 8.30. The summed E-state index contributed by atoms with van der Waals surface area (Å²) in [6, 6.07) is 6.97. The summed E-state index contributed by atoms with van der Waals surface area (Å²) in [5, 5.41) is 6.51. The van der Waals surface area contributed by atoms with E-state index >= 15 is 0 Å². The summed E-state index contributed by atoms with van der Waals surface area (Å²) >= 11 is 0. The Morgan fingerprint density at radius 3 is 2.65 bits per heavy atom. The van der Waals surface area contributed by atoms with E-state index in [1.807, 2.05) is 6.07 Å². The lowest BCUT2D eigenvalue weighted by Gasteiger charge is -2.16. The van der Waals surface area contributed by atoms with Crippen molar-refractivity contribution in [2.75, 3.05) is 18.4 Å². The van der Waals surface area contributed by atoms with E-state index in [1.54, 1.807) is 6.07 Å². The number of hydrogen-bond acceptors (Lipinski definition) is 2. The number of aliphatic imine (C=N–C) groups is 1. The van der Waals surface area contributed by atoms with Crippen LogP contribution in [0, 0.1) is 5.82 Å². The van der Waals surface area contributed by atoms with Gasteiger partial charge in [-0.05, 0) is 37.5 Å². The molecule has 1 aromatic carbocycles. The molecular weight excluding hydrogens is 406 g/mol. The smallest absolute Gasteiger partial charge is 0.188 e. The van der Waals surface area contributed by atoms with Gasteiger partial charge in [-0.1, -0.05) is 31.7 Å². The van der Waals surface area contributed by atoms with Crippen molar-refractivity contribution in [2.45, 2.75) is 51.0 Å². The summed E-state index contributed by atoms with van der Waals surface area (Å²) in [6.07, 6.45) is 8.48. The Hall–Kier alpha value is -1.05. The number of benzene rings is 1. The van der Waals surface area contributed by atoms with Crippen LogP contribution >= 0.6 is 24.0 Å². The second-order valence-electron chi connectivity index (χ2n) is 5.89. The van der Waals surface area contributed by atoms with Crippen LogP contribution in [0.5, 0.6) is 0 Å². The number of hydrogen-bond donors (Lipinski definition) is 3. The van der Waals surface area contributed by atoms with Gasteiger partial charge in [0.05, 0.1) is 0 Å². The van der Waals surface area contributed by atoms with Gasteiger partial charge in [0.1, 0.15) is 5.82 Å². The molecule has 0 atom stereocenters. The van der Waals surface area contributed by atoms with Crippen molar-refractivity contribution >= 4 is 35.6 Å². The van der Waals surface area contributed by atoms with Gasteiger partial charge in [0, 0.05) is 24.8 Å². The maximum atomic E-state index is 13.0. The fraction of sp³-hybridized carbons (Fsp3) is 0.588. The second-order valence-corrected chi connectivity index (χ2v) is 5.89. The molecule has 1 saturated carbocycles. The molecule has 0 amide bonds. The number of nitrogens with one attached hydrogen (secondary N) is 2. The van der Waals surface area contributed by atoms with Crippen LogP contribution in [0.2, 0.25) is 0 Å². The van der Waals surface area contributed by atoms with E-state index in [4.69, 9.17) is 5.73 Å². The minimum Gasteiger partial charge on any atom is -0.385 e. The van der Waals surface area contributed by atoms with Crippen LogP contribution in [0.25, 0.3) is 0 Å². The Morgan fingerprint density at radius 2 is 1.96 bits per heavy atom. The Morgan fingerprint density at radius 1 is 1.22 bits per heavy atom. The quantitative estimate of drug-likeness (QED) is 0.210. The number of rotatable bonds is 6. The maximum absolute atomic E-state index is 13.0. The molecule has 6 heteroatoms. The number of guanidine groups is 1. The zero-order chi connectivity index (χ0) is 15.6. The SMILES string of the molecule is I.NC(=NCCCNc1cccc(F)c1)NC1CCCCCC1. The molecule has 0 heterocycles. The Labute approximate surface area is 155 Å². The average Bonchev–Trinajstić information content (AvgIpc) is 2.75. The van der Waals surface area contributed by atoms with Gasteiger partial charge in [-0.2, -0.15) is 0 Å². The highest BCUT2D eigenvalue weighted by Gasteiger charge is 2.11. The summed E-state index contributed by atoms with van der Waals surface area (Å²) < 4.78 is 13.0. The molecular formula is C17H28FIN4. The summed E-state index contributed by atoms with van der Waals surface area (Å²) in [5.74, 6) is 0.331. The summed E-state index contributed by atoms with van der Waals surface area (Å²) in [5.41, 5.74) is 6.74. The fourth-order valence-corrected chi connectivity index (χ4v) is 2.79. The minimum absolute atomic E-state index is 0. The van der Waals surface area contributed by atoms with Crippen molar-refractivity contribution in [2.24, 2.45) is 10.7 Å². The first-order valence-corrected chi connectivity index (χ1v) is 8.30. The molecule has 23 heavy (non-hydrogen) atoms. The van der Waals surface area contributed by atoms with Gasteiger partial charge in [-0.3, -0.25) is 4.99 Å². The van der Waals surface area contributed by atoms with Crippen LogP contribution < -0.4 is 16.4 Å². The molecule has 1 aromatic rings. The van der Waals surface area contributed by atoms with Gasteiger partial charge in [-0.25, -0.2) is 4.39 Å². The molecule has 0 unspecified atom stereocenters. The largest absolute Gasteiger partial charge is 0.385 e. The van der Waals surface area contributed by atoms with Crippen LogP contribution in [-0.4, -0.2) is 25.1 Å². The third kappa shape index (κ3) is 8.39. The van der Waals surface area contributed by atoms with Crippen LogP contribution in [0.15, 0.2) is 29.3 Å². The van der Waals surface area contributed by atoms with Crippen molar-refractivity contribution in [1.29, 1.82) is 0 Å². The summed E-state index contributed by atoms with van der Waals surface area (Å²) in [4.78, 5) is 4.37.